The summed E-state index contributed by atoms with van der Waals surface area (Å²) >= 11 is 0.974. The number of nitrogens with zero attached hydrogens (tertiary/aromatic N) is 2. The van der Waals surface area contributed by atoms with E-state index in [1.807, 2.05) is 6.07 Å². The Hall–Kier alpha value is -1.95. The molecule has 1 aromatic heterocycles. The van der Waals surface area contributed by atoms with Crippen LogP contribution in [0.25, 0.3) is 0 Å². The van der Waals surface area contributed by atoms with Crippen LogP contribution in [-0.2, 0) is 0 Å². The molecule has 1 aromatic rings. The van der Waals surface area contributed by atoms with Gasteiger partial charge in [0, 0.05) is 27.1 Å². The minimum Gasteiger partial charge on any atom is -0.396 e. The number of nitrogen functional groups attached to an aromatic ring is 1. The number of hydrogen-bond acceptors (Lipinski definition) is 5. The Morgan fingerprint density at radius 1 is 1.48 bits per heavy atom. The number of nitrogens with two attached hydrogens (primary N) is 1. The second kappa shape index (κ2) is 6.67. The summed E-state index contributed by atoms with van der Waals surface area (Å²) < 4.78 is 36.1. The summed E-state index contributed by atoms with van der Waals surface area (Å²) in [5.41, 5.74) is 5.90. The molecule has 0 bridgehead atoms. The first-order valence-corrected chi connectivity index (χ1v) is 6.83. The van der Waals surface area contributed by atoms with Gasteiger partial charge in [0.05, 0.1) is 5.69 Å². The molecule has 0 saturated heterocycles. The lowest BCUT2D eigenvalue weighted by atomic mass is 10.2. The van der Waals surface area contributed by atoms with Crippen molar-refractivity contribution < 1.29 is 18.0 Å². The molecule has 9 heteroatoms. The van der Waals surface area contributed by atoms with Crippen molar-refractivity contribution >= 4 is 27.9 Å². The lowest BCUT2D eigenvalue weighted by molar-refractivity contribution is -0.134. The molecule has 0 aromatic carbocycles. The maximum absolute atomic E-state index is 12.0. The zero-order valence-corrected chi connectivity index (χ0v) is 12.4. The van der Waals surface area contributed by atoms with Crippen LogP contribution in [0.15, 0.2) is 0 Å². The van der Waals surface area contributed by atoms with Crippen LogP contribution < -0.4 is 11.1 Å². The van der Waals surface area contributed by atoms with Crippen LogP contribution in [0.3, 0.4) is 0 Å². The Morgan fingerprint density at radius 2 is 2.10 bits per heavy atom. The van der Waals surface area contributed by atoms with Crippen LogP contribution in [0.5, 0.6) is 0 Å². The molecule has 0 aliphatic heterocycles. The van der Waals surface area contributed by atoms with E-state index in [-0.39, 0.29) is 35.0 Å². The number of nitrogens with one attached hydrogen (secondary N) is 1. The van der Waals surface area contributed by atoms with E-state index in [1.165, 1.54) is 4.90 Å². The lowest BCUT2D eigenvalue weighted by Crippen LogP contribution is -2.21. The van der Waals surface area contributed by atoms with Gasteiger partial charge in [0.15, 0.2) is 0 Å². The summed E-state index contributed by atoms with van der Waals surface area (Å²) in [5.74, 6) is -0.350. The molecule has 21 heavy (non-hydrogen) atoms. The van der Waals surface area contributed by atoms with Crippen LogP contribution in [-0.4, -0.2) is 37.6 Å². The smallest absolute Gasteiger partial charge is 0.389 e. The van der Waals surface area contributed by atoms with Gasteiger partial charge in [-0.05, 0) is 6.42 Å². The highest BCUT2D eigenvalue weighted by Gasteiger charge is 2.26. The van der Waals surface area contributed by atoms with Crippen LogP contribution in [0.4, 0.5) is 23.9 Å². The minimum atomic E-state index is -4.21. The molecule has 0 aliphatic carbocycles. The molecule has 1 heterocycles. The van der Waals surface area contributed by atoms with Gasteiger partial charge in [-0.2, -0.15) is 18.4 Å². The van der Waals surface area contributed by atoms with Gasteiger partial charge in [-0.25, -0.2) is 0 Å². The van der Waals surface area contributed by atoms with Crippen LogP contribution in [0.2, 0.25) is 0 Å². The molecule has 3 N–H and O–H groups in total. The van der Waals surface area contributed by atoms with Crippen molar-refractivity contribution in [3.05, 3.63) is 10.4 Å². The van der Waals surface area contributed by atoms with Gasteiger partial charge in [-0.3, -0.25) is 4.79 Å². The van der Waals surface area contributed by atoms with Crippen molar-refractivity contribution in [2.24, 2.45) is 0 Å². The van der Waals surface area contributed by atoms with E-state index in [2.05, 4.69) is 5.32 Å². The highest BCUT2D eigenvalue weighted by Crippen LogP contribution is 2.35. The number of carbonyl (C=O) groups is 1. The topological polar surface area (TPSA) is 82.2 Å². The fraction of sp³-hybridized carbons (Fsp3) is 0.500. The van der Waals surface area contributed by atoms with E-state index in [0.717, 1.165) is 11.3 Å². The van der Waals surface area contributed by atoms with Gasteiger partial charge in [-0.1, -0.05) is 0 Å². The van der Waals surface area contributed by atoms with Crippen LogP contribution >= 0.6 is 11.3 Å². The third-order valence-electron chi connectivity index (χ3n) is 2.58. The first kappa shape index (κ1) is 17.1. The molecule has 0 unspecified atom stereocenters. The molecule has 0 aliphatic rings. The number of thiophene rings is 1. The molecule has 0 radical (unpaired) electrons. The van der Waals surface area contributed by atoms with Crippen molar-refractivity contribution in [3.63, 3.8) is 0 Å². The second-order valence-corrected chi connectivity index (χ2v) is 5.53. The van der Waals surface area contributed by atoms with Crippen LogP contribution in [0, 0.1) is 11.3 Å². The van der Waals surface area contributed by atoms with E-state index in [9.17, 15) is 18.0 Å². The minimum absolute atomic E-state index is 0.0454. The summed E-state index contributed by atoms with van der Waals surface area (Å²) in [5, 5.41) is 12.1. The molecule has 0 spiro atoms. The summed E-state index contributed by atoms with van der Waals surface area (Å²) in [6, 6.07) is 1.87. The maximum atomic E-state index is 12.0. The molecular formula is C12H15F3N4OS. The number of anilines is 2. The van der Waals surface area contributed by atoms with Crippen molar-refractivity contribution in [1.82, 2.24) is 4.90 Å². The quantitative estimate of drug-likeness (QED) is 0.817. The van der Waals surface area contributed by atoms with E-state index < -0.39 is 12.6 Å². The Balaban J connectivity index is 2.82. The number of nitriles is 1. The highest BCUT2D eigenvalue weighted by molar-refractivity contribution is 7.18. The third kappa shape index (κ3) is 4.53. The average molecular weight is 320 g/mol. The highest BCUT2D eigenvalue weighted by atomic mass is 32.1. The Kier molecular flexibility index (Phi) is 5.43. The second-order valence-electron chi connectivity index (χ2n) is 4.51. The van der Waals surface area contributed by atoms with Crippen molar-refractivity contribution in [1.29, 1.82) is 5.26 Å². The predicted octanol–water partition coefficient (Wildman–Crippen LogP) is 2.66. The predicted molar refractivity (Wildman–Crippen MR) is 75.2 cm³/mol. The first-order chi connectivity index (χ1) is 9.67. The first-order valence-electron chi connectivity index (χ1n) is 6.02. The van der Waals surface area contributed by atoms with Gasteiger partial charge in [0.2, 0.25) is 0 Å². The fourth-order valence-electron chi connectivity index (χ4n) is 1.53. The zero-order chi connectivity index (χ0) is 16.2. The van der Waals surface area contributed by atoms with Gasteiger partial charge in [0.25, 0.3) is 5.91 Å². The lowest BCUT2D eigenvalue weighted by Gasteiger charge is -2.08. The zero-order valence-electron chi connectivity index (χ0n) is 11.5. The number of carbonyl (C=O) groups excluding carboxylic acids is 1. The fourth-order valence-corrected chi connectivity index (χ4v) is 2.65. The molecule has 1 rings (SSSR count). The number of hydrogen-bond donors (Lipinski definition) is 2. The Bertz CT molecular complexity index is 560. The molecular weight excluding hydrogens is 305 g/mol. The van der Waals surface area contributed by atoms with E-state index in [0.29, 0.717) is 5.00 Å². The normalized spacial score (nSPS) is 11.0. The van der Waals surface area contributed by atoms with E-state index in [4.69, 9.17) is 11.0 Å². The summed E-state index contributed by atoms with van der Waals surface area (Å²) in [6.07, 6.45) is -5.24. The van der Waals surface area contributed by atoms with Crippen molar-refractivity contribution in [3.8, 4) is 6.07 Å². The summed E-state index contributed by atoms with van der Waals surface area (Å²) in [6.45, 7) is 0.0454. The van der Waals surface area contributed by atoms with Gasteiger partial charge in [-0.15, -0.1) is 11.3 Å². The number of rotatable bonds is 5. The summed E-state index contributed by atoms with van der Waals surface area (Å²) in [7, 11) is 3.09. The maximum Gasteiger partial charge on any atom is 0.389 e. The summed E-state index contributed by atoms with van der Waals surface area (Å²) in [4.78, 5) is 13.4. The van der Waals surface area contributed by atoms with E-state index in [1.54, 1.807) is 14.1 Å². The molecule has 1 amide bonds. The Labute approximate surface area is 124 Å². The number of halogens is 3. The standard InChI is InChI=1S/C12H15F3N4OS/c1-19(2)11(20)9-8(17)7(6-16)10(21-9)18-5-3-4-12(13,14)15/h18H,3-5,17H2,1-2H3. The molecule has 0 saturated carbocycles. The van der Waals surface area contributed by atoms with Crippen molar-refractivity contribution in [2.75, 3.05) is 31.7 Å². The molecule has 0 atom stereocenters. The van der Waals surface area contributed by atoms with Crippen molar-refractivity contribution in [2.45, 2.75) is 19.0 Å². The monoisotopic (exact) mass is 320 g/mol. The van der Waals surface area contributed by atoms with Crippen LogP contribution in [0.1, 0.15) is 28.1 Å². The molecule has 5 nitrogen and oxygen atoms in total. The van der Waals surface area contributed by atoms with E-state index >= 15 is 0 Å². The number of alkyl halides is 3. The van der Waals surface area contributed by atoms with Gasteiger partial charge in [0.1, 0.15) is 21.5 Å². The van der Waals surface area contributed by atoms with Gasteiger partial charge >= 0.3 is 6.18 Å². The molecule has 116 valence electrons. The largest absolute Gasteiger partial charge is 0.396 e. The Morgan fingerprint density at radius 3 is 2.57 bits per heavy atom. The SMILES string of the molecule is CN(C)C(=O)c1sc(NCCCC(F)(F)F)c(C#N)c1N. The number of amides is 1. The molecule has 0 fully saturated rings. The third-order valence-corrected chi connectivity index (χ3v) is 3.73. The average Bonchev–Trinajstić information content (AvgIpc) is 2.68. The van der Waals surface area contributed by atoms with Gasteiger partial charge < -0.3 is 16.0 Å².